The summed E-state index contributed by atoms with van der Waals surface area (Å²) in [6.07, 6.45) is 0. The molecule has 2 aliphatic heterocycles. The van der Waals surface area contributed by atoms with Gasteiger partial charge in [-0.2, -0.15) is 0 Å². The molecule has 4 rings (SSSR count). The van der Waals surface area contributed by atoms with E-state index < -0.39 is 0 Å². The maximum atomic E-state index is 2.65. The molecular formula is C28H42N4S2. The van der Waals surface area contributed by atoms with Crippen LogP contribution in [0.4, 0.5) is 0 Å². The van der Waals surface area contributed by atoms with E-state index >= 15 is 0 Å². The molecule has 2 heterocycles. The molecule has 186 valence electrons. The van der Waals surface area contributed by atoms with Crippen molar-refractivity contribution in [3.8, 4) is 0 Å². The second-order valence-electron chi connectivity index (χ2n) is 9.85. The summed E-state index contributed by atoms with van der Waals surface area (Å²) in [7, 11) is 4.14. The monoisotopic (exact) mass is 498 g/mol. The third-order valence-corrected chi connectivity index (χ3v) is 9.41. The third-order valence-electron chi connectivity index (χ3n) is 7.05. The fraction of sp³-hybridized carbons (Fsp3) is 0.571. The average Bonchev–Trinajstić information content (AvgIpc) is 2.86. The Bertz CT molecular complexity index is 755. The van der Waals surface area contributed by atoms with Crippen molar-refractivity contribution in [1.82, 2.24) is 19.6 Å². The van der Waals surface area contributed by atoms with Gasteiger partial charge in [0.1, 0.15) is 0 Å². The van der Waals surface area contributed by atoms with Crippen molar-refractivity contribution in [1.29, 1.82) is 0 Å². The molecule has 2 aromatic carbocycles. The van der Waals surface area contributed by atoms with Gasteiger partial charge in [-0.05, 0) is 25.0 Å². The minimum Gasteiger partial charge on any atom is -0.300 e. The van der Waals surface area contributed by atoms with Crippen LogP contribution >= 0.6 is 21.6 Å². The molecule has 0 amide bonds. The van der Waals surface area contributed by atoms with Crippen molar-refractivity contribution in [3.63, 3.8) is 0 Å². The summed E-state index contributed by atoms with van der Waals surface area (Å²) in [5.41, 5.74) is 5.58. The lowest BCUT2D eigenvalue weighted by atomic mass is 10.1. The van der Waals surface area contributed by atoms with Crippen LogP contribution in [-0.2, 0) is 13.1 Å². The van der Waals surface area contributed by atoms with Crippen molar-refractivity contribution in [2.75, 3.05) is 77.0 Å². The van der Waals surface area contributed by atoms with Crippen LogP contribution in [0.1, 0.15) is 22.3 Å². The van der Waals surface area contributed by atoms with E-state index in [0.29, 0.717) is 0 Å². The molecule has 0 N–H and O–H groups in total. The predicted molar refractivity (Wildman–Crippen MR) is 151 cm³/mol. The number of aryl methyl sites for hydroxylation is 2. The molecule has 0 aliphatic carbocycles. The molecule has 2 aromatic rings. The number of hydrogen-bond donors (Lipinski definition) is 0. The van der Waals surface area contributed by atoms with Crippen LogP contribution in [0.25, 0.3) is 0 Å². The van der Waals surface area contributed by atoms with Gasteiger partial charge >= 0.3 is 0 Å². The first-order chi connectivity index (χ1) is 16.6. The van der Waals surface area contributed by atoms with Gasteiger partial charge in [0, 0.05) is 90.0 Å². The number of benzene rings is 2. The summed E-state index contributed by atoms with van der Waals surface area (Å²) in [6.45, 7) is 18.6. The molecule has 0 radical (unpaired) electrons. The van der Waals surface area contributed by atoms with Gasteiger partial charge in [0.2, 0.25) is 0 Å². The highest BCUT2D eigenvalue weighted by Gasteiger charge is 2.18. The summed E-state index contributed by atoms with van der Waals surface area (Å²) >= 11 is 0. The summed E-state index contributed by atoms with van der Waals surface area (Å²) in [6, 6.07) is 18.0. The van der Waals surface area contributed by atoms with Gasteiger partial charge in [-0.3, -0.25) is 19.6 Å². The van der Waals surface area contributed by atoms with Gasteiger partial charge in [0.15, 0.2) is 0 Å². The Balaban J connectivity index is 0.995. The van der Waals surface area contributed by atoms with E-state index in [-0.39, 0.29) is 0 Å². The van der Waals surface area contributed by atoms with Gasteiger partial charge in [-0.25, -0.2) is 0 Å². The fourth-order valence-corrected chi connectivity index (χ4v) is 6.75. The molecule has 0 spiro atoms. The molecule has 6 heteroatoms. The third kappa shape index (κ3) is 8.89. The molecule has 2 saturated heterocycles. The standard InChI is InChI=1S/C28H42N4S2/c1-25-3-7-27(8-4-25)23-31-15-11-29(12-16-31)19-21-33-34-22-20-30-13-17-32(18-14-30)24-28-9-5-26(2)6-10-28/h3-10H,11-24H2,1-2H3. The van der Waals surface area contributed by atoms with E-state index in [9.17, 15) is 0 Å². The second-order valence-corrected chi connectivity index (χ2v) is 12.6. The first-order valence-corrected chi connectivity index (χ1v) is 15.4. The predicted octanol–water partition coefficient (Wildman–Crippen LogP) is 4.62. The maximum absolute atomic E-state index is 2.65. The number of piperazine rings is 2. The second kappa shape index (κ2) is 13.9. The molecule has 0 atom stereocenters. The molecule has 0 bridgehead atoms. The average molecular weight is 499 g/mol. The van der Waals surface area contributed by atoms with Crippen molar-refractivity contribution in [3.05, 3.63) is 70.8 Å². The lowest BCUT2D eigenvalue weighted by molar-refractivity contribution is 0.132. The van der Waals surface area contributed by atoms with Crippen LogP contribution in [-0.4, -0.2) is 96.6 Å². The van der Waals surface area contributed by atoms with E-state index in [1.54, 1.807) is 0 Å². The molecular weight excluding hydrogens is 456 g/mol. The summed E-state index contributed by atoms with van der Waals surface area (Å²) in [5, 5.41) is 0. The number of nitrogens with zero attached hydrogens (tertiary/aromatic N) is 4. The normalized spacial score (nSPS) is 19.0. The highest BCUT2D eigenvalue weighted by Crippen LogP contribution is 2.22. The molecule has 34 heavy (non-hydrogen) atoms. The van der Waals surface area contributed by atoms with E-state index in [1.165, 1.54) is 99.2 Å². The van der Waals surface area contributed by atoms with Gasteiger partial charge in [-0.1, -0.05) is 81.2 Å². The van der Waals surface area contributed by atoms with Gasteiger partial charge in [0.05, 0.1) is 0 Å². The Morgan fingerprint density at radius 3 is 1.18 bits per heavy atom. The van der Waals surface area contributed by atoms with Gasteiger partial charge < -0.3 is 0 Å². The van der Waals surface area contributed by atoms with Gasteiger partial charge in [0.25, 0.3) is 0 Å². The Morgan fingerprint density at radius 1 is 0.500 bits per heavy atom. The van der Waals surface area contributed by atoms with E-state index in [4.69, 9.17) is 0 Å². The van der Waals surface area contributed by atoms with E-state index in [0.717, 1.165) is 13.1 Å². The van der Waals surface area contributed by atoms with Crippen LogP contribution in [0.2, 0.25) is 0 Å². The molecule has 0 aromatic heterocycles. The minimum absolute atomic E-state index is 1.10. The maximum Gasteiger partial charge on any atom is 0.0234 e. The molecule has 4 nitrogen and oxygen atoms in total. The lowest BCUT2D eigenvalue weighted by Crippen LogP contribution is -2.46. The highest BCUT2D eigenvalue weighted by atomic mass is 33.1. The fourth-order valence-electron chi connectivity index (χ4n) is 4.70. The molecule has 0 unspecified atom stereocenters. The SMILES string of the molecule is Cc1ccc(CN2CCN(CCSSCCN3CCN(Cc4ccc(C)cc4)CC3)CC2)cc1. The van der Waals surface area contributed by atoms with E-state index in [1.807, 2.05) is 0 Å². The number of rotatable bonds is 11. The smallest absolute Gasteiger partial charge is 0.0234 e. The highest BCUT2D eigenvalue weighted by molar-refractivity contribution is 8.76. The van der Waals surface area contributed by atoms with Crippen molar-refractivity contribution in [2.24, 2.45) is 0 Å². The quantitative estimate of drug-likeness (QED) is 0.329. The van der Waals surface area contributed by atoms with Crippen molar-refractivity contribution >= 4 is 21.6 Å². The van der Waals surface area contributed by atoms with Crippen molar-refractivity contribution < 1.29 is 0 Å². The zero-order valence-electron chi connectivity index (χ0n) is 21.1. The zero-order chi connectivity index (χ0) is 23.6. The lowest BCUT2D eigenvalue weighted by Gasteiger charge is -2.35. The van der Waals surface area contributed by atoms with Crippen LogP contribution in [0.15, 0.2) is 48.5 Å². The molecule has 0 saturated carbocycles. The Kier molecular flexibility index (Phi) is 10.7. The summed E-state index contributed by atoms with van der Waals surface area (Å²) in [5.74, 6) is 2.49. The Hall–Kier alpha value is -1.02. The summed E-state index contributed by atoms with van der Waals surface area (Å²) < 4.78 is 0. The first-order valence-electron chi connectivity index (χ1n) is 12.9. The van der Waals surface area contributed by atoms with Crippen molar-refractivity contribution in [2.45, 2.75) is 26.9 Å². The van der Waals surface area contributed by atoms with Crippen LogP contribution in [0.5, 0.6) is 0 Å². The Morgan fingerprint density at radius 2 is 0.824 bits per heavy atom. The van der Waals surface area contributed by atoms with E-state index in [2.05, 4.69) is 104 Å². The topological polar surface area (TPSA) is 13.0 Å². The zero-order valence-corrected chi connectivity index (χ0v) is 22.8. The summed E-state index contributed by atoms with van der Waals surface area (Å²) in [4.78, 5) is 10.5. The molecule has 2 aliphatic rings. The minimum atomic E-state index is 1.10. The van der Waals surface area contributed by atoms with Crippen LogP contribution < -0.4 is 0 Å². The van der Waals surface area contributed by atoms with Crippen LogP contribution in [0.3, 0.4) is 0 Å². The largest absolute Gasteiger partial charge is 0.300 e. The van der Waals surface area contributed by atoms with Crippen LogP contribution in [0, 0.1) is 13.8 Å². The van der Waals surface area contributed by atoms with Gasteiger partial charge in [-0.15, -0.1) is 0 Å². The molecule has 2 fully saturated rings. The number of hydrogen-bond acceptors (Lipinski definition) is 6. The Labute approximate surface area is 215 Å². The first kappa shape index (κ1) is 26.1.